The Kier molecular flexibility index (Phi) is 4.81. The van der Waals surface area contributed by atoms with Crippen molar-refractivity contribution in [3.05, 3.63) is 28.2 Å². The van der Waals surface area contributed by atoms with Crippen molar-refractivity contribution in [3.8, 4) is 0 Å². The van der Waals surface area contributed by atoms with Crippen molar-refractivity contribution >= 4 is 27.5 Å². The Morgan fingerprint density at radius 2 is 1.95 bits per heavy atom. The molecule has 0 spiro atoms. The largest absolute Gasteiger partial charge is 0.409 e. The van der Waals surface area contributed by atoms with E-state index in [1.807, 2.05) is 18.2 Å². The average Bonchev–Trinajstić information content (AvgIpc) is 2.45. The van der Waals surface area contributed by atoms with E-state index in [0.29, 0.717) is 11.0 Å². The molecule has 1 heterocycles. The Morgan fingerprint density at radius 1 is 1.33 bits per heavy atom. The zero-order valence-electron chi connectivity index (χ0n) is 12.9. The van der Waals surface area contributed by atoms with Gasteiger partial charge in [0.2, 0.25) is 0 Å². The quantitative estimate of drug-likeness (QED) is 0.367. The van der Waals surface area contributed by atoms with E-state index >= 15 is 0 Å². The van der Waals surface area contributed by atoms with E-state index in [0.717, 1.165) is 23.5 Å². The van der Waals surface area contributed by atoms with E-state index in [9.17, 15) is 0 Å². The second-order valence-electron chi connectivity index (χ2n) is 6.78. The summed E-state index contributed by atoms with van der Waals surface area (Å²) in [5.74, 6) is 0.911. The van der Waals surface area contributed by atoms with Gasteiger partial charge in [0.15, 0.2) is 5.84 Å². The van der Waals surface area contributed by atoms with Gasteiger partial charge in [-0.15, -0.1) is 0 Å². The van der Waals surface area contributed by atoms with Gasteiger partial charge in [-0.05, 0) is 58.3 Å². The number of nitrogens with two attached hydrogens (primary N) is 1. The van der Waals surface area contributed by atoms with Gasteiger partial charge >= 0.3 is 0 Å². The molecule has 1 fully saturated rings. The smallest absolute Gasteiger partial charge is 0.171 e. The number of benzene rings is 1. The van der Waals surface area contributed by atoms with Gasteiger partial charge in [-0.2, -0.15) is 0 Å². The number of oxime groups is 1. The Bertz CT molecular complexity index is 529. The molecule has 1 aliphatic heterocycles. The molecule has 3 N–H and O–H groups in total. The summed E-state index contributed by atoms with van der Waals surface area (Å²) < 4.78 is 0.855. The predicted molar refractivity (Wildman–Crippen MR) is 91.0 cm³/mol. The van der Waals surface area contributed by atoms with Gasteiger partial charge < -0.3 is 15.8 Å². The molecule has 1 aliphatic rings. The third-order valence-corrected chi connectivity index (χ3v) is 5.08. The second kappa shape index (κ2) is 6.26. The van der Waals surface area contributed by atoms with E-state index in [-0.39, 0.29) is 5.84 Å². The van der Waals surface area contributed by atoms with Crippen LogP contribution in [-0.2, 0) is 0 Å². The van der Waals surface area contributed by atoms with E-state index in [2.05, 4.69) is 46.8 Å². The zero-order chi connectivity index (χ0) is 15.6. The van der Waals surface area contributed by atoms with Crippen LogP contribution >= 0.6 is 15.9 Å². The molecule has 4 nitrogen and oxygen atoms in total. The van der Waals surface area contributed by atoms with Crippen LogP contribution in [0.25, 0.3) is 0 Å². The van der Waals surface area contributed by atoms with Crippen LogP contribution in [0.5, 0.6) is 0 Å². The van der Waals surface area contributed by atoms with Crippen LogP contribution in [0.3, 0.4) is 0 Å². The van der Waals surface area contributed by atoms with Crippen molar-refractivity contribution in [2.45, 2.75) is 33.6 Å². The predicted octanol–water partition coefficient (Wildman–Crippen LogP) is 3.81. The summed E-state index contributed by atoms with van der Waals surface area (Å²) in [6.07, 6.45) is 2.45. The number of halogens is 1. The normalized spacial score (nSPS) is 18.1. The van der Waals surface area contributed by atoms with Crippen LogP contribution in [0.4, 0.5) is 5.69 Å². The first-order valence-electron chi connectivity index (χ1n) is 7.35. The molecule has 21 heavy (non-hydrogen) atoms. The molecule has 0 bridgehead atoms. The first-order valence-corrected chi connectivity index (χ1v) is 8.14. The highest BCUT2D eigenvalue weighted by atomic mass is 79.9. The van der Waals surface area contributed by atoms with E-state index in [4.69, 9.17) is 10.9 Å². The number of piperidine rings is 1. The monoisotopic (exact) mass is 353 g/mol. The van der Waals surface area contributed by atoms with Gasteiger partial charge in [0, 0.05) is 28.8 Å². The van der Waals surface area contributed by atoms with E-state index in [1.165, 1.54) is 18.5 Å². The maximum absolute atomic E-state index is 8.77. The van der Waals surface area contributed by atoms with Crippen molar-refractivity contribution in [3.63, 3.8) is 0 Å². The summed E-state index contributed by atoms with van der Waals surface area (Å²) in [4.78, 5) is 2.41. The molecular weight excluding hydrogens is 330 g/mol. The molecule has 0 aromatic heterocycles. The maximum atomic E-state index is 8.77. The molecule has 0 saturated carbocycles. The zero-order valence-corrected chi connectivity index (χ0v) is 14.5. The van der Waals surface area contributed by atoms with Gasteiger partial charge in [-0.1, -0.05) is 25.9 Å². The summed E-state index contributed by atoms with van der Waals surface area (Å²) in [5.41, 5.74) is 7.94. The number of anilines is 1. The van der Waals surface area contributed by atoms with Crippen LogP contribution in [-0.4, -0.2) is 24.1 Å². The summed E-state index contributed by atoms with van der Waals surface area (Å²) in [7, 11) is 0. The lowest BCUT2D eigenvalue weighted by molar-refractivity contribution is 0.199. The Balaban J connectivity index is 2.09. The molecule has 1 aromatic rings. The molecule has 1 saturated heterocycles. The molecular formula is C16H24BrN3O. The molecule has 5 heteroatoms. The van der Waals surface area contributed by atoms with Crippen molar-refractivity contribution in [2.24, 2.45) is 22.2 Å². The van der Waals surface area contributed by atoms with Gasteiger partial charge in [0.05, 0.1) is 0 Å². The SMILES string of the molecule is CC(C)(C)C1CCN(c2ccc(/C(N)=N/O)c(Br)c2)CC1. The molecule has 0 unspecified atom stereocenters. The van der Waals surface area contributed by atoms with Crippen LogP contribution in [0.2, 0.25) is 0 Å². The van der Waals surface area contributed by atoms with Crippen LogP contribution in [0.1, 0.15) is 39.2 Å². The first-order chi connectivity index (χ1) is 9.82. The molecule has 0 aliphatic carbocycles. The fourth-order valence-electron chi connectivity index (χ4n) is 2.97. The molecule has 0 atom stereocenters. The van der Waals surface area contributed by atoms with Crippen LogP contribution < -0.4 is 10.6 Å². The van der Waals surface area contributed by atoms with E-state index < -0.39 is 0 Å². The second-order valence-corrected chi connectivity index (χ2v) is 7.63. The number of hydrogen-bond donors (Lipinski definition) is 2. The third kappa shape index (κ3) is 3.70. The molecule has 1 aromatic carbocycles. The molecule has 116 valence electrons. The molecule has 0 amide bonds. The fraction of sp³-hybridized carbons (Fsp3) is 0.562. The summed E-state index contributed by atoms with van der Waals surface area (Å²) >= 11 is 3.50. The highest BCUT2D eigenvalue weighted by Gasteiger charge is 2.28. The van der Waals surface area contributed by atoms with Crippen molar-refractivity contribution < 1.29 is 5.21 Å². The minimum atomic E-state index is 0.125. The van der Waals surface area contributed by atoms with Gasteiger partial charge in [0.1, 0.15) is 0 Å². The Morgan fingerprint density at radius 3 is 2.43 bits per heavy atom. The summed E-state index contributed by atoms with van der Waals surface area (Å²) in [5, 5.41) is 11.8. The van der Waals surface area contributed by atoms with Crippen molar-refractivity contribution in [2.75, 3.05) is 18.0 Å². The number of rotatable bonds is 2. The van der Waals surface area contributed by atoms with Gasteiger partial charge in [-0.3, -0.25) is 0 Å². The summed E-state index contributed by atoms with van der Waals surface area (Å²) in [6.45, 7) is 9.15. The first kappa shape index (κ1) is 16.1. The lowest BCUT2D eigenvalue weighted by atomic mass is 9.75. The lowest BCUT2D eigenvalue weighted by Gasteiger charge is -2.39. The van der Waals surface area contributed by atoms with Crippen LogP contribution in [0, 0.1) is 11.3 Å². The Labute approximate surface area is 135 Å². The molecule has 0 radical (unpaired) electrons. The minimum Gasteiger partial charge on any atom is -0.409 e. The number of amidine groups is 1. The third-order valence-electron chi connectivity index (χ3n) is 4.42. The standard InChI is InChI=1S/C16H24BrN3O/c1-16(2,3)11-6-8-20(9-7-11)12-4-5-13(14(17)10-12)15(18)19-21/h4-5,10-11,21H,6-9H2,1-3H3,(H2,18,19). The summed E-state index contributed by atoms with van der Waals surface area (Å²) in [6, 6.07) is 5.98. The number of nitrogens with zero attached hydrogens (tertiary/aromatic N) is 2. The van der Waals surface area contributed by atoms with E-state index in [1.54, 1.807) is 0 Å². The fourth-order valence-corrected chi connectivity index (χ4v) is 3.54. The van der Waals surface area contributed by atoms with Gasteiger partial charge in [-0.25, -0.2) is 0 Å². The maximum Gasteiger partial charge on any atom is 0.171 e. The molecule has 2 rings (SSSR count). The Hall–Kier alpha value is -1.23. The van der Waals surface area contributed by atoms with Crippen molar-refractivity contribution in [1.82, 2.24) is 0 Å². The number of hydrogen-bond acceptors (Lipinski definition) is 3. The lowest BCUT2D eigenvalue weighted by Crippen LogP contribution is -2.38. The van der Waals surface area contributed by atoms with Crippen LogP contribution in [0.15, 0.2) is 27.8 Å². The minimum absolute atomic E-state index is 0.125. The average molecular weight is 354 g/mol. The highest BCUT2D eigenvalue weighted by molar-refractivity contribution is 9.10. The van der Waals surface area contributed by atoms with Gasteiger partial charge in [0.25, 0.3) is 0 Å². The highest BCUT2D eigenvalue weighted by Crippen LogP contribution is 2.36. The topological polar surface area (TPSA) is 61.8 Å². The van der Waals surface area contributed by atoms with Crippen molar-refractivity contribution in [1.29, 1.82) is 0 Å².